The number of piperidine rings is 1. The second-order valence-corrected chi connectivity index (χ2v) is 5.19. The van der Waals surface area contributed by atoms with Crippen LogP contribution in [0.3, 0.4) is 0 Å². The number of hydrogen-bond acceptors (Lipinski definition) is 3. The van der Waals surface area contributed by atoms with Crippen LogP contribution in [0.5, 0.6) is 0 Å². The van der Waals surface area contributed by atoms with Crippen molar-refractivity contribution >= 4 is 23.4 Å². The summed E-state index contributed by atoms with van der Waals surface area (Å²) in [6.45, 7) is 1.32. The fraction of sp³-hybridized carbons (Fsp3) is 0.500. The van der Waals surface area contributed by atoms with Crippen LogP contribution in [0.2, 0.25) is 0 Å². The van der Waals surface area contributed by atoms with E-state index in [1.807, 2.05) is 4.90 Å². The Morgan fingerprint density at radius 1 is 1.30 bits per heavy atom. The first kappa shape index (κ1) is 14.8. The lowest BCUT2D eigenvalue weighted by molar-refractivity contribution is -0.121. The van der Waals surface area contributed by atoms with Gasteiger partial charge >= 0.3 is 0 Å². The standard InChI is InChI=1S/C14H18ClN3O2/c15-6-1-13(19)17-12-4-9-18(10-5-12)14(20)11-2-7-16-8-3-11/h2-3,7-8,12H,1,4-6,9-10H2,(H,17,19). The molecule has 108 valence electrons. The minimum Gasteiger partial charge on any atom is -0.353 e. The second kappa shape index (κ2) is 7.24. The summed E-state index contributed by atoms with van der Waals surface area (Å²) >= 11 is 5.53. The van der Waals surface area contributed by atoms with Crippen molar-refractivity contribution in [1.29, 1.82) is 0 Å². The topological polar surface area (TPSA) is 62.3 Å². The van der Waals surface area contributed by atoms with Crippen molar-refractivity contribution < 1.29 is 9.59 Å². The molecule has 20 heavy (non-hydrogen) atoms. The molecule has 1 aliphatic rings. The number of alkyl halides is 1. The van der Waals surface area contributed by atoms with Crippen molar-refractivity contribution in [1.82, 2.24) is 15.2 Å². The molecule has 2 amide bonds. The van der Waals surface area contributed by atoms with Gasteiger partial charge in [-0.3, -0.25) is 14.6 Å². The summed E-state index contributed by atoms with van der Waals surface area (Å²) in [4.78, 5) is 29.4. The molecule has 1 fully saturated rings. The lowest BCUT2D eigenvalue weighted by Crippen LogP contribution is -2.46. The molecule has 0 saturated carbocycles. The van der Waals surface area contributed by atoms with Gasteiger partial charge in [0.2, 0.25) is 5.91 Å². The van der Waals surface area contributed by atoms with E-state index in [2.05, 4.69) is 10.3 Å². The van der Waals surface area contributed by atoms with Crippen LogP contribution in [-0.2, 0) is 4.79 Å². The van der Waals surface area contributed by atoms with E-state index >= 15 is 0 Å². The van der Waals surface area contributed by atoms with E-state index in [1.165, 1.54) is 0 Å². The zero-order valence-electron chi connectivity index (χ0n) is 11.2. The number of amides is 2. The first-order chi connectivity index (χ1) is 9.70. The summed E-state index contributed by atoms with van der Waals surface area (Å²) in [6, 6.07) is 3.58. The Morgan fingerprint density at radius 2 is 1.95 bits per heavy atom. The monoisotopic (exact) mass is 295 g/mol. The molecule has 1 aromatic heterocycles. The average molecular weight is 296 g/mol. The highest BCUT2D eigenvalue weighted by atomic mass is 35.5. The van der Waals surface area contributed by atoms with Crippen LogP contribution in [-0.4, -0.2) is 46.7 Å². The molecule has 0 bridgehead atoms. The maximum Gasteiger partial charge on any atom is 0.253 e. The normalized spacial score (nSPS) is 15.9. The quantitative estimate of drug-likeness (QED) is 0.855. The average Bonchev–Trinajstić information content (AvgIpc) is 2.48. The number of aromatic nitrogens is 1. The number of hydrogen-bond donors (Lipinski definition) is 1. The second-order valence-electron chi connectivity index (χ2n) is 4.81. The van der Waals surface area contributed by atoms with Crippen molar-refractivity contribution in [2.24, 2.45) is 0 Å². The van der Waals surface area contributed by atoms with Gasteiger partial charge in [0.05, 0.1) is 0 Å². The van der Waals surface area contributed by atoms with Crippen molar-refractivity contribution in [3.8, 4) is 0 Å². The van der Waals surface area contributed by atoms with Gasteiger partial charge in [-0.2, -0.15) is 0 Å². The summed E-state index contributed by atoms with van der Waals surface area (Å²) in [5, 5.41) is 2.95. The van der Waals surface area contributed by atoms with Crippen molar-refractivity contribution in [2.45, 2.75) is 25.3 Å². The molecule has 1 aliphatic heterocycles. The highest BCUT2D eigenvalue weighted by molar-refractivity contribution is 6.18. The molecule has 0 atom stereocenters. The van der Waals surface area contributed by atoms with Gasteiger partial charge in [-0.25, -0.2) is 0 Å². The molecule has 0 unspecified atom stereocenters. The Balaban J connectivity index is 1.82. The Hall–Kier alpha value is -1.62. The number of halogens is 1. The smallest absolute Gasteiger partial charge is 0.253 e. The highest BCUT2D eigenvalue weighted by Crippen LogP contribution is 2.13. The molecule has 5 nitrogen and oxygen atoms in total. The van der Waals surface area contributed by atoms with Crippen molar-refractivity contribution in [3.05, 3.63) is 30.1 Å². The molecule has 0 aromatic carbocycles. The highest BCUT2D eigenvalue weighted by Gasteiger charge is 2.24. The molecule has 1 aromatic rings. The maximum absolute atomic E-state index is 12.2. The number of nitrogens with zero attached hydrogens (tertiary/aromatic N) is 2. The van der Waals surface area contributed by atoms with Crippen LogP contribution in [0.15, 0.2) is 24.5 Å². The largest absolute Gasteiger partial charge is 0.353 e. The molecule has 1 saturated heterocycles. The van der Waals surface area contributed by atoms with Gasteiger partial charge in [-0.1, -0.05) is 0 Å². The summed E-state index contributed by atoms with van der Waals surface area (Å²) in [5.74, 6) is 0.349. The number of carbonyl (C=O) groups is 2. The number of carbonyl (C=O) groups excluding carboxylic acids is 2. The minimum atomic E-state index is -0.0149. The third kappa shape index (κ3) is 3.93. The van der Waals surface area contributed by atoms with E-state index in [1.54, 1.807) is 24.5 Å². The zero-order chi connectivity index (χ0) is 14.4. The van der Waals surface area contributed by atoms with Crippen molar-refractivity contribution in [2.75, 3.05) is 19.0 Å². The van der Waals surface area contributed by atoms with Crippen molar-refractivity contribution in [3.63, 3.8) is 0 Å². The number of rotatable bonds is 4. The van der Waals surface area contributed by atoms with Gasteiger partial charge in [-0.05, 0) is 25.0 Å². The SMILES string of the molecule is O=C(CCCl)NC1CCN(C(=O)c2ccncc2)CC1. The lowest BCUT2D eigenvalue weighted by Gasteiger charge is -2.32. The Bertz CT molecular complexity index is 459. The predicted octanol–water partition coefficient (Wildman–Crippen LogP) is 1.43. The van der Waals surface area contributed by atoms with Gasteiger partial charge in [-0.15, -0.1) is 11.6 Å². The van der Waals surface area contributed by atoms with Gasteiger partial charge in [0.1, 0.15) is 0 Å². The fourth-order valence-corrected chi connectivity index (χ4v) is 2.46. The maximum atomic E-state index is 12.2. The van der Waals surface area contributed by atoms with E-state index in [0.29, 0.717) is 31.0 Å². The third-order valence-electron chi connectivity index (χ3n) is 3.40. The van der Waals surface area contributed by atoms with Gasteiger partial charge in [0, 0.05) is 49.4 Å². The van der Waals surface area contributed by atoms with E-state index < -0.39 is 0 Å². The van der Waals surface area contributed by atoms with Crippen LogP contribution in [0.25, 0.3) is 0 Å². The number of pyridine rings is 1. The van der Waals surface area contributed by atoms with Crippen LogP contribution in [0, 0.1) is 0 Å². The Morgan fingerprint density at radius 3 is 2.55 bits per heavy atom. The molecule has 0 aliphatic carbocycles. The van der Waals surface area contributed by atoms with E-state index in [0.717, 1.165) is 12.8 Å². The Kier molecular flexibility index (Phi) is 5.35. The van der Waals surface area contributed by atoms with E-state index in [9.17, 15) is 9.59 Å². The number of nitrogens with one attached hydrogen (secondary N) is 1. The first-order valence-electron chi connectivity index (χ1n) is 6.75. The molecule has 0 spiro atoms. The molecule has 6 heteroatoms. The van der Waals surface area contributed by atoms with E-state index in [-0.39, 0.29) is 17.9 Å². The van der Waals surface area contributed by atoms with Crippen LogP contribution in [0.4, 0.5) is 0 Å². The number of likely N-dealkylation sites (tertiary alicyclic amines) is 1. The summed E-state index contributed by atoms with van der Waals surface area (Å²) in [6.07, 6.45) is 5.14. The lowest BCUT2D eigenvalue weighted by atomic mass is 10.0. The molecular weight excluding hydrogens is 278 g/mol. The molecule has 0 radical (unpaired) electrons. The molecular formula is C14H18ClN3O2. The predicted molar refractivity (Wildman–Crippen MR) is 76.6 cm³/mol. The van der Waals surface area contributed by atoms with Crippen LogP contribution in [0.1, 0.15) is 29.6 Å². The van der Waals surface area contributed by atoms with Gasteiger partial charge in [0.15, 0.2) is 0 Å². The molecule has 2 rings (SSSR count). The Labute approximate surface area is 123 Å². The molecule has 2 heterocycles. The minimum absolute atomic E-state index is 0.0149. The van der Waals surface area contributed by atoms with Crippen LogP contribution >= 0.6 is 11.6 Å². The summed E-state index contributed by atoms with van der Waals surface area (Å²) < 4.78 is 0. The zero-order valence-corrected chi connectivity index (χ0v) is 12.0. The first-order valence-corrected chi connectivity index (χ1v) is 7.29. The van der Waals surface area contributed by atoms with Crippen LogP contribution < -0.4 is 5.32 Å². The summed E-state index contributed by atoms with van der Waals surface area (Å²) in [7, 11) is 0. The van der Waals surface area contributed by atoms with E-state index in [4.69, 9.17) is 11.6 Å². The third-order valence-corrected chi connectivity index (χ3v) is 3.59. The summed E-state index contributed by atoms with van der Waals surface area (Å²) in [5.41, 5.74) is 0.657. The van der Waals surface area contributed by atoms with Gasteiger partial charge in [0.25, 0.3) is 5.91 Å². The van der Waals surface area contributed by atoms with Gasteiger partial charge < -0.3 is 10.2 Å². The molecule has 1 N–H and O–H groups in total. The fourth-order valence-electron chi connectivity index (χ4n) is 2.29.